The lowest BCUT2D eigenvalue weighted by Crippen LogP contribution is -2.25. The molecule has 0 bridgehead atoms. The highest BCUT2D eigenvalue weighted by molar-refractivity contribution is 7.13. The first-order valence-corrected chi connectivity index (χ1v) is 9.19. The zero-order chi connectivity index (χ0) is 17.8. The predicted octanol–water partition coefficient (Wildman–Crippen LogP) is 3.51. The number of methoxy groups -OCH3 is 1. The Balaban J connectivity index is 2.02. The Bertz CT molecular complexity index is 855. The molecule has 0 fully saturated rings. The van der Waals surface area contributed by atoms with E-state index in [1.54, 1.807) is 24.6 Å². The highest BCUT2D eigenvalue weighted by Crippen LogP contribution is 2.28. The van der Waals surface area contributed by atoms with Crippen LogP contribution in [0.1, 0.15) is 36.7 Å². The summed E-state index contributed by atoms with van der Waals surface area (Å²) < 4.78 is 6.88. The second-order valence-corrected chi connectivity index (χ2v) is 7.00. The summed E-state index contributed by atoms with van der Waals surface area (Å²) in [6, 6.07) is 6.01. The largest absolute Gasteiger partial charge is 0.385 e. The Morgan fingerprint density at radius 3 is 2.96 bits per heavy atom. The van der Waals surface area contributed by atoms with Crippen LogP contribution in [0.15, 0.2) is 29.8 Å². The highest BCUT2D eigenvalue weighted by Gasteiger charge is 2.18. The third-order valence-corrected chi connectivity index (χ3v) is 4.78. The summed E-state index contributed by atoms with van der Waals surface area (Å²) in [5.74, 6) is -0.107. The van der Waals surface area contributed by atoms with E-state index in [9.17, 15) is 4.79 Å². The van der Waals surface area contributed by atoms with E-state index in [0.29, 0.717) is 18.7 Å². The van der Waals surface area contributed by atoms with E-state index < -0.39 is 0 Å². The summed E-state index contributed by atoms with van der Waals surface area (Å²) in [5.41, 5.74) is 2.15. The number of hydrogen-bond donors (Lipinski definition) is 1. The summed E-state index contributed by atoms with van der Waals surface area (Å²) in [6.07, 6.45) is 2.50. The van der Waals surface area contributed by atoms with Crippen LogP contribution >= 0.6 is 11.3 Å². The molecule has 0 saturated carbocycles. The van der Waals surface area contributed by atoms with Gasteiger partial charge in [0, 0.05) is 26.3 Å². The molecule has 0 aliphatic carbocycles. The number of nitrogens with zero attached hydrogens (tertiary/aromatic N) is 3. The molecule has 132 valence electrons. The van der Waals surface area contributed by atoms with Crippen molar-refractivity contribution in [3.05, 3.63) is 35.3 Å². The van der Waals surface area contributed by atoms with Crippen molar-refractivity contribution >= 4 is 28.3 Å². The first-order valence-electron chi connectivity index (χ1n) is 8.31. The van der Waals surface area contributed by atoms with Crippen LogP contribution < -0.4 is 5.32 Å². The van der Waals surface area contributed by atoms with Crippen molar-refractivity contribution in [2.24, 2.45) is 0 Å². The Hall–Kier alpha value is -2.25. The molecule has 0 radical (unpaired) electrons. The topological polar surface area (TPSA) is 69.0 Å². The van der Waals surface area contributed by atoms with Crippen molar-refractivity contribution in [1.29, 1.82) is 0 Å². The molecule has 0 saturated heterocycles. The van der Waals surface area contributed by atoms with Gasteiger partial charge in [0.05, 0.1) is 27.7 Å². The Kier molecular flexibility index (Phi) is 5.45. The number of amides is 1. The molecule has 3 aromatic heterocycles. The maximum atomic E-state index is 12.7. The lowest BCUT2D eigenvalue weighted by atomic mass is 10.1. The third-order valence-electron chi connectivity index (χ3n) is 3.88. The minimum absolute atomic E-state index is 0.107. The van der Waals surface area contributed by atoms with Crippen LogP contribution in [0.4, 0.5) is 0 Å². The van der Waals surface area contributed by atoms with Crippen LogP contribution in [-0.2, 0) is 4.74 Å². The first-order chi connectivity index (χ1) is 12.1. The van der Waals surface area contributed by atoms with Gasteiger partial charge in [0.1, 0.15) is 0 Å². The van der Waals surface area contributed by atoms with Crippen LogP contribution in [-0.4, -0.2) is 40.9 Å². The fraction of sp³-hybridized carbons (Fsp3) is 0.389. The molecule has 0 unspecified atom stereocenters. The standard InChI is InChI=1S/C18H22N4O2S/c1-12(2)22-17-14(11-20-22)13(18(23)19-7-5-8-24-3)10-15(21-17)16-6-4-9-25-16/h4,6,9-12H,5,7-8H2,1-3H3,(H,19,23). The monoisotopic (exact) mass is 358 g/mol. The predicted molar refractivity (Wildman–Crippen MR) is 100 cm³/mol. The van der Waals surface area contributed by atoms with Gasteiger partial charge in [0.15, 0.2) is 5.65 Å². The van der Waals surface area contributed by atoms with Crippen molar-refractivity contribution in [2.45, 2.75) is 26.3 Å². The second kappa shape index (κ2) is 7.76. The van der Waals surface area contributed by atoms with Gasteiger partial charge in [0.2, 0.25) is 0 Å². The summed E-state index contributed by atoms with van der Waals surface area (Å²) in [6.45, 7) is 5.30. The molecule has 6 nitrogen and oxygen atoms in total. The fourth-order valence-corrected chi connectivity index (χ4v) is 3.33. The molecule has 0 aliphatic heterocycles. The van der Waals surface area contributed by atoms with E-state index in [-0.39, 0.29) is 11.9 Å². The molecule has 0 atom stereocenters. The average Bonchev–Trinajstić information content (AvgIpc) is 3.26. The Morgan fingerprint density at radius 2 is 2.28 bits per heavy atom. The zero-order valence-corrected chi connectivity index (χ0v) is 15.5. The number of ether oxygens (including phenoxy) is 1. The third kappa shape index (κ3) is 3.72. The van der Waals surface area contributed by atoms with Gasteiger partial charge in [-0.3, -0.25) is 4.79 Å². The Labute approximate surface area is 150 Å². The minimum Gasteiger partial charge on any atom is -0.385 e. The van der Waals surface area contributed by atoms with Crippen LogP contribution in [0.3, 0.4) is 0 Å². The van der Waals surface area contributed by atoms with Crippen LogP contribution in [0.25, 0.3) is 21.6 Å². The molecule has 7 heteroatoms. The van der Waals surface area contributed by atoms with E-state index >= 15 is 0 Å². The van der Waals surface area contributed by atoms with E-state index in [4.69, 9.17) is 9.72 Å². The fourth-order valence-electron chi connectivity index (χ4n) is 2.65. The van der Waals surface area contributed by atoms with Gasteiger partial charge >= 0.3 is 0 Å². The van der Waals surface area contributed by atoms with E-state index in [1.165, 1.54) is 0 Å². The van der Waals surface area contributed by atoms with Gasteiger partial charge in [-0.15, -0.1) is 11.3 Å². The number of hydrogen-bond acceptors (Lipinski definition) is 5. The number of thiophene rings is 1. The molecule has 3 rings (SSSR count). The summed E-state index contributed by atoms with van der Waals surface area (Å²) >= 11 is 1.61. The van der Waals surface area contributed by atoms with Gasteiger partial charge < -0.3 is 10.1 Å². The molecule has 0 aromatic carbocycles. The van der Waals surface area contributed by atoms with Gasteiger partial charge in [-0.25, -0.2) is 9.67 Å². The highest BCUT2D eigenvalue weighted by atomic mass is 32.1. The van der Waals surface area contributed by atoms with Crippen LogP contribution in [0.5, 0.6) is 0 Å². The number of aromatic nitrogens is 3. The van der Waals surface area contributed by atoms with Crippen molar-refractivity contribution < 1.29 is 9.53 Å². The molecule has 1 amide bonds. The first kappa shape index (κ1) is 17.6. The number of carbonyl (C=O) groups excluding carboxylic acids is 1. The number of carbonyl (C=O) groups is 1. The SMILES string of the molecule is COCCCNC(=O)c1cc(-c2cccs2)nc2c1cnn2C(C)C. The van der Waals surface area contributed by atoms with Crippen molar-refractivity contribution in [2.75, 3.05) is 20.3 Å². The van der Waals surface area contributed by atoms with Crippen molar-refractivity contribution in [3.8, 4) is 10.6 Å². The summed E-state index contributed by atoms with van der Waals surface area (Å²) in [4.78, 5) is 18.5. The quantitative estimate of drug-likeness (QED) is 0.656. The lowest BCUT2D eigenvalue weighted by molar-refractivity contribution is 0.0950. The Morgan fingerprint density at radius 1 is 1.44 bits per heavy atom. The maximum absolute atomic E-state index is 12.7. The minimum atomic E-state index is -0.107. The average molecular weight is 358 g/mol. The normalized spacial score (nSPS) is 11.4. The number of rotatable bonds is 7. The van der Waals surface area contributed by atoms with Crippen LogP contribution in [0, 0.1) is 0 Å². The smallest absolute Gasteiger partial charge is 0.252 e. The van der Waals surface area contributed by atoms with Gasteiger partial charge in [-0.1, -0.05) is 6.07 Å². The summed E-state index contributed by atoms with van der Waals surface area (Å²) in [7, 11) is 1.65. The molecule has 3 aromatic rings. The number of pyridine rings is 1. The molecular formula is C18H22N4O2S. The zero-order valence-electron chi connectivity index (χ0n) is 14.7. The molecule has 25 heavy (non-hydrogen) atoms. The van der Waals surface area contributed by atoms with Gasteiger partial charge in [0.25, 0.3) is 5.91 Å². The molecule has 0 aliphatic rings. The second-order valence-electron chi connectivity index (χ2n) is 6.05. The van der Waals surface area contributed by atoms with E-state index in [0.717, 1.165) is 28.0 Å². The van der Waals surface area contributed by atoms with Crippen molar-refractivity contribution in [3.63, 3.8) is 0 Å². The van der Waals surface area contributed by atoms with Gasteiger partial charge in [-0.05, 0) is 37.8 Å². The summed E-state index contributed by atoms with van der Waals surface area (Å²) in [5, 5.41) is 10.2. The van der Waals surface area contributed by atoms with Gasteiger partial charge in [-0.2, -0.15) is 5.10 Å². The molecular weight excluding hydrogens is 336 g/mol. The van der Waals surface area contributed by atoms with Crippen molar-refractivity contribution in [1.82, 2.24) is 20.1 Å². The van der Waals surface area contributed by atoms with Crippen LogP contribution in [0.2, 0.25) is 0 Å². The lowest BCUT2D eigenvalue weighted by Gasteiger charge is -2.10. The molecule has 3 heterocycles. The number of nitrogens with one attached hydrogen (secondary N) is 1. The molecule has 0 spiro atoms. The maximum Gasteiger partial charge on any atom is 0.252 e. The van der Waals surface area contributed by atoms with E-state index in [2.05, 4.69) is 24.3 Å². The molecule has 1 N–H and O–H groups in total. The van der Waals surface area contributed by atoms with E-state index in [1.807, 2.05) is 28.3 Å². The number of fused-ring (bicyclic) bond motifs is 1.